The van der Waals surface area contributed by atoms with Gasteiger partial charge in [-0.2, -0.15) is 0 Å². The second-order valence-corrected chi connectivity index (χ2v) is 5.06. The molecule has 14 heavy (non-hydrogen) atoms. The summed E-state index contributed by atoms with van der Waals surface area (Å²) in [5.41, 5.74) is 1.22. The number of nitrogens with one attached hydrogen (secondary N) is 1. The summed E-state index contributed by atoms with van der Waals surface area (Å²) >= 11 is 8.46. The molecule has 4 heteroatoms. The molecule has 0 aromatic carbocycles. The van der Waals surface area contributed by atoms with Crippen molar-refractivity contribution in [2.75, 3.05) is 13.1 Å². The first-order valence-electron chi connectivity index (χ1n) is 4.79. The number of piperidine rings is 1. The van der Waals surface area contributed by atoms with Gasteiger partial charge in [0, 0.05) is 27.8 Å². The van der Waals surface area contributed by atoms with Crippen LogP contribution in [0, 0.1) is 3.57 Å². The van der Waals surface area contributed by atoms with Gasteiger partial charge in [0.05, 0.1) is 0 Å². The Bertz CT molecular complexity index is 304. The molecular formula is C10H12ClIN2. The van der Waals surface area contributed by atoms with Crippen LogP contribution < -0.4 is 5.32 Å². The number of halogens is 2. The molecule has 2 rings (SSSR count). The fraction of sp³-hybridized carbons (Fsp3) is 0.500. The molecule has 1 saturated heterocycles. The average Bonchev–Trinajstić information content (AvgIpc) is 2.19. The molecule has 0 amide bonds. The Kier molecular flexibility index (Phi) is 3.62. The van der Waals surface area contributed by atoms with Gasteiger partial charge >= 0.3 is 0 Å². The minimum atomic E-state index is 0.539. The zero-order valence-electron chi connectivity index (χ0n) is 7.76. The first kappa shape index (κ1) is 10.6. The van der Waals surface area contributed by atoms with E-state index < -0.39 is 0 Å². The van der Waals surface area contributed by atoms with Crippen molar-refractivity contribution in [2.45, 2.75) is 18.8 Å². The molecule has 0 saturated carbocycles. The van der Waals surface area contributed by atoms with Crippen molar-refractivity contribution < 1.29 is 0 Å². The van der Waals surface area contributed by atoms with E-state index in [4.69, 9.17) is 11.6 Å². The molecule has 1 N–H and O–H groups in total. The number of rotatable bonds is 1. The second-order valence-electron chi connectivity index (χ2n) is 3.54. The number of aromatic nitrogens is 1. The van der Waals surface area contributed by atoms with Gasteiger partial charge in [0.25, 0.3) is 0 Å². The summed E-state index contributed by atoms with van der Waals surface area (Å²) in [7, 11) is 0. The fourth-order valence-electron chi connectivity index (χ4n) is 1.89. The number of hydrogen-bond donors (Lipinski definition) is 1. The summed E-state index contributed by atoms with van der Waals surface area (Å²) in [5.74, 6) is 0.539. The molecule has 1 aromatic rings. The van der Waals surface area contributed by atoms with E-state index >= 15 is 0 Å². The van der Waals surface area contributed by atoms with Crippen LogP contribution in [0.2, 0.25) is 5.15 Å². The van der Waals surface area contributed by atoms with E-state index in [9.17, 15) is 0 Å². The van der Waals surface area contributed by atoms with E-state index in [2.05, 4.69) is 32.9 Å². The van der Waals surface area contributed by atoms with Gasteiger partial charge < -0.3 is 5.32 Å². The largest absolute Gasteiger partial charge is 0.316 e. The van der Waals surface area contributed by atoms with Crippen molar-refractivity contribution in [3.8, 4) is 0 Å². The van der Waals surface area contributed by atoms with E-state index in [1.54, 1.807) is 6.20 Å². The highest BCUT2D eigenvalue weighted by molar-refractivity contribution is 14.1. The van der Waals surface area contributed by atoms with E-state index in [0.29, 0.717) is 11.1 Å². The molecule has 2 heterocycles. The van der Waals surface area contributed by atoms with Crippen molar-refractivity contribution in [3.05, 3.63) is 26.5 Å². The molecule has 2 nitrogen and oxygen atoms in total. The SMILES string of the molecule is Clc1nccc(I)c1C1CCCNC1. The van der Waals surface area contributed by atoms with Gasteiger partial charge in [0.15, 0.2) is 0 Å². The molecule has 1 atom stereocenters. The number of hydrogen-bond acceptors (Lipinski definition) is 2. The average molecular weight is 323 g/mol. The normalized spacial score (nSPS) is 22.3. The van der Waals surface area contributed by atoms with Crippen LogP contribution in [0.25, 0.3) is 0 Å². The van der Waals surface area contributed by atoms with E-state index in [-0.39, 0.29) is 0 Å². The lowest BCUT2D eigenvalue weighted by molar-refractivity contribution is 0.460. The second kappa shape index (κ2) is 4.77. The van der Waals surface area contributed by atoms with Crippen LogP contribution in [0.15, 0.2) is 12.3 Å². The maximum Gasteiger partial charge on any atom is 0.133 e. The van der Waals surface area contributed by atoms with Crippen molar-refractivity contribution in [1.29, 1.82) is 0 Å². The maximum atomic E-state index is 6.12. The van der Waals surface area contributed by atoms with Crippen LogP contribution in [0.5, 0.6) is 0 Å². The summed E-state index contributed by atoms with van der Waals surface area (Å²) in [6, 6.07) is 2.02. The summed E-state index contributed by atoms with van der Waals surface area (Å²) in [4.78, 5) is 4.15. The summed E-state index contributed by atoms with van der Waals surface area (Å²) in [6.07, 6.45) is 4.21. The summed E-state index contributed by atoms with van der Waals surface area (Å²) in [5, 5.41) is 4.07. The van der Waals surface area contributed by atoms with Crippen LogP contribution in [0.4, 0.5) is 0 Å². The Hall–Kier alpha value is 0.130. The lowest BCUT2D eigenvalue weighted by Crippen LogP contribution is -2.29. The molecule has 0 radical (unpaired) electrons. The Labute approximate surface area is 103 Å². The Balaban J connectivity index is 2.29. The third-order valence-electron chi connectivity index (χ3n) is 2.59. The minimum absolute atomic E-state index is 0.539. The zero-order chi connectivity index (χ0) is 9.97. The molecule has 1 aliphatic rings. The van der Waals surface area contributed by atoms with Crippen molar-refractivity contribution in [2.24, 2.45) is 0 Å². The third kappa shape index (κ3) is 2.20. The van der Waals surface area contributed by atoms with Gasteiger partial charge in [-0.3, -0.25) is 0 Å². The number of pyridine rings is 1. The minimum Gasteiger partial charge on any atom is -0.316 e. The lowest BCUT2D eigenvalue weighted by Gasteiger charge is -2.24. The summed E-state index contributed by atoms with van der Waals surface area (Å²) in [6.45, 7) is 2.16. The van der Waals surface area contributed by atoms with Crippen molar-refractivity contribution in [1.82, 2.24) is 10.3 Å². The van der Waals surface area contributed by atoms with E-state index in [1.165, 1.54) is 22.0 Å². The Morgan fingerprint density at radius 1 is 1.57 bits per heavy atom. The predicted molar refractivity (Wildman–Crippen MR) is 66.8 cm³/mol. The van der Waals surface area contributed by atoms with Gasteiger partial charge in [0.1, 0.15) is 5.15 Å². The van der Waals surface area contributed by atoms with Crippen LogP contribution in [0.1, 0.15) is 24.3 Å². The lowest BCUT2D eigenvalue weighted by atomic mass is 9.93. The van der Waals surface area contributed by atoms with Gasteiger partial charge in [-0.1, -0.05) is 11.6 Å². The summed E-state index contributed by atoms with van der Waals surface area (Å²) < 4.78 is 1.23. The van der Waals surface area contributed by atoms with Gasteiger partial charge in [0.2, 0.25) is 0 Å². The van der Waals surface area contributed by atoms with Crippen molar-refractivity contribution >= 4 is 34.2 Å². The topological polar surface area (TPSA) is 24.9 Å². The highest BCUT2D eigenvalue weighted by Gasteiger charge is 2.20. The van der Waals surface area contributed by atoms with Gasteiger partial charge in [-0.15, -0.1) is 0 Å². The number of nitrogens with zero attached hydrogens (tertiary/aromatic N) is 1. The third-order valence-corrected chi connectivity index (χ3v) is 3.84. The zero-order valence-corrected chi connectivity index (χ0v) is 10.7. The molecule has 1 unspecified atom stereocenters. The smallest absolute Gasteiger partial charge is 0.133 e. The van der Waals surface area contributed by atoms with Crippen LogP contribution in [-0.4, -0.2) is 18.1 Å². The predicted octanol–water partition coefficient (Wildman–Crippen LogP) is 2.81. The molecule has 1 aliphatic heterocycles. The highest BCUT2D eigenvalue weighted by Crippen LogP contribution is 2.31. The van der Waals surface area contributed by atoms with Crippen LogP contribution in [0.3, 0.4) is 0 Å². The standard InChI is InChI=1S/C10H12ClIN2/c11-10-9(8(12)3-5-14-10)7-2-1-4-13-6-7/h3,5,7,13H,1-2,4,6H2. The van der Waals surface area contributed by atoms with Crippen LogP contribution >= 0.6 is 34.2 Å². The molecular weight excluding hydrogens is 310 g/mol. The molecule has 1 aromatic heterocycles. The quantitative estimate of drug-likeness (QED) is 0.635. The first-order chi connectivity index (χ1) is 6.79. The van der Waals surface area contributed by atoms with Crippen molar-refractivity contribution in [3.63, 3.8) is 0 Å². The fourth-order valence-corrected chi connectivity index (χ4v) is 3.22. The van der Waals surface area contributed by atoms with Gasteiger partial charge in [-0.25, -0.2) is 4.98 Å². The molecule has 0 aliphatic carbocycles. The Morgan fingerprint density at radius 2 is 2.43 bits per heavy atom. The molecule has 76 valence electrons. The maximum absolute atomic E-state index is 6.12. The highest BCUT2D eigenvalue weighted by atomic mass is 127. The van der Waals surface area contributed by atoms with Crippen LogP contribution in [-0.2, 0) is 0 Å². The first-order valence-corrected chi connectivity index (χ1v) is 6.25. The monoisotopic (exact) mass is 322 g/mol. The van der Waals surface area contributed by atoms with Gasteiger partial charge in [-0.05, 0) is 48.0 Å². The molecule has 0 bridgehead atoms. The Morgan fingerprint density at radius 3 is 3.07 bits per heavy atom. The van der Waals surface area contributed by atoms with E-state index in [1.807, 2.05) is 6.07 Å². The molecule has 1 fully saturated rings. The van der Waals surface area contributed by atoms with E-state index in [0.717, 1.165) is 13.1 Å². The molecule has 0 spiro atoms.